The highest BCUT2D eigenvalue weighted by Gasteiger charge is 2.29. The van der Waals surface area contributed by atoms with Crippen molar-refractivity contribution in [1.29, 1.82) is 0 Å². The molecule has 1 atom stereocenters. The topological polar surface area (TPSA) is 76.4 Å². The van der Waals surface area contributed by atoms with Crippen LogP contribution < -0.4 is 9.64 Å². The molecule has 122 valence electrons. The van der Waals surface area contributed by atoms with Crippen molar-refractivity contribution in [1.82, 2.24) is 24.4 Å². The summed E-state index contributed by atoms with van der Waals surface area (Å²) in [6.07, 6.45) is 5.42. The summed E-state index contributed by atoms with van der Waals surface area (Å²) in [5, 5.41) is 0. The molecule has 1 saturated heterocycles. The SMILES string of the molecule is CN(C)c1cc(OC2CCN(C(=O)c3cncn3C)C2)ncn1. The summed E-state index contributed by atoms with van der Waals surface area (Å²) in [5.41, 5.74) is 0.586. The number of likely N-dealkylation sites (tertiary alicyclic amines) is 1. The average Bonchev–Trinajstić information content (AvgIpc) is 3.16. The Labute approximate surface area is 134 Å². The summed E-state index contributed by atoms with van der Waals surface area (Å²) in [5.74, 6) is 1.30. The van der Waals surface area contributed by atoms with Crippen LogP contribution in [0.1, 0.15) is 16.9 Å². The van der Waals surface area contributed by atoms with E-state index in [0.29, 0.717) is 24.7 Å². The normalized spacial score (nSPS) is 17.3. The zero-order valence-corrected chi connectivity index (χ0v) is 13.5. The van der Waals surface area contributed by atoms with Gasteiger partial charge < -0.3 is 19.1 Å². The summed E-state index contributed by atoms with van der Waals surface area (Å²) >= 11 is 0. The summed E-state index contributed by atoms with van der Waals surface area (Å²) < 4.78 is 7.63. The van der Waals surface area contributed by atoms with E-state index in [2.05, 4.69) is 15.0 Å². The molecule has 1 unspecified atom stereocenters. The minimum atomic E-state index is -0.0583. The third-order valence-corrected chi connectivity index (χ3v) is 3.84. The van der Waals surface area contributed by atoms with Gasteiger partial charge in [-0.15, -0.1) is 0 Å². The van der Waals surface area contributed by atoms with Gasteiger partial charge in [0.15, 0.2) is 0 Å². The van der Waals surface area contributed by atoms with Crippen molar-refractivity contribution in [3.8, 4) is 5.88 Å². The number of hydrogen-bond donors (Lipinski definition) is 0. The summed E-state index contributed by atoms with van der Waals surface area (Å²) in [7, 11) is 5.64. The van der Waals surface area contributed by atoms with Crippen molar-refractivity contribution < 1.29 is 9.53 Å². The van der Waals surface area contributed by atoms with E-state index in [-0.39, 0.29) is 12.0 Å². The molecule has 3 rings (SSSR count). The van der Waals surface area contributed by atoms with Crippen LogP contribution in [0.5, 0.6) is 5.88 Å². The first-order valence-corrected chi connectivity index (χ1v) is 7.46. The quantitative estimate of drug-likeness (QED) is 0.821. The van der Waals surface area contributed by atoms with Gasteiger partial charge in [0.2, 0.25) is 5.88 Å². The van der Waals surface area contributed by atoms with Crippen molar-refractivity contribution in [2.45, 2.75) is 12.5 Å². The Bertz CT molecular complexity index is 699. The molecule has 1 amide bonds. The molecular formula is C15H20N6O2. The summed E-state index contributed by atoms with van der Waals surface area (Å²) in [6.45, 7) is 1.21. The number of carbonyl (C=O) groups excluding carboxylic acids is 1. The van der Waals surface area contributed by atoms with Crippen LogP contribution in [-0.2, 0) is 7.05 Å². The molecule has 0 spiro atoms. The van der Waals surface area contributed by atoms with Crippen LogP contribution in [-0.4, -0.2) is 63.6 Å². The molecule has 1 aliphatic rings. The van der Waals surface area contributed by atoms with E-state index < -0.39 is 0 Å². The fourth-order valence-corrected chi connectivity index (χ4v) is 2.54. The van der Waals surface area contributed by atoms with Crippen molar-refractivity contribution in [2.24, 2.45) is 7.05 Å². The summed E-state index contributed by atoms with van der Waals surface area (Å²) in [4.78, 5) is 28.4. The second-order valence-electron chi connectivity index (χ2n) is 5.78. The van der Waals surface area contributed by atoms with Gasteiger partial charge in [-0.05, 0) is 0 Å². The fraction of sp³-hybridized carbons (Fsp3) is 0.467. The highest BCUT2D eigenvalue weighted by atomic mass is 16.5. The molecule has 1 fully saturated rings. The van der Waals surface area contributed by atoms with Gasteiger partial charge in [-0.3, -0.25) is 4.79 Å². The van der Waals surface area contributed by atoms with E-state index in [4.69, 9.17) is 4.74 Å². The van der Waals surface area contributed by atoms with Gasteiger partial charge in [0, 0.05) is 40.2 Å². The first-order valence-electron chi connectivity index (χ1n) is 7.46. The maximum absolute atomic E-state index is 12.4. The predicted molar refractivity (Wildman–Crippen MR) is 84.5 cm³/mol. The van der Waals surface area contributed by atoms with Crippen molar-refractivity contribution in [3.63, 3.8) is 0 Å². The first-order chi connectivity index (χ1) is 11.0. The number of nitrogens with zero attached hydrogens (tertiary/aromatic N) is 6. The van der Waals surface area contributed by atoms with Gasteiger partial charge in [-0.1, -0.05) is 0 Å². The van der Waals surface area contributed by atoms with E-state index in [0.717, 1.165) is 12.2 Å². The number of anilines is 1. The van der Waals surface area contributed by atoms with Gasteiger partial charge in [0.25, 0.3) is 5.91 Å². The molecule has 23 heavy (non-hydrogen) atoms. The van der Waals surface area contributed by atoms with Crippen molar-refractivity contribution in [2.75, 3.05) is 32.1 Å². The monoisotopic (exact) mass is 316 g/mol. The van der Waals surface area contributed by atoms with Gasteiger partial charge in [-0.2, -0.15) is 0 Å². The van der Waals surface area contributed by atoms with E-state index in [1.165, 1.54) is 6.33 Å². The number of carbonyl (C=O) groups is 1. The van der Waals surface area contributed by atoms with Gasteiger partial charge >= 0.3 is 0 Å². The predicted octanol–water partition coefficient (Wildman–Crippen LogP) is 0.570. The van der Waals surface area contributed by atoms with Crippen LogP contribution >= 0.6 is 0 Å². The molecule has 0 aromatic carbocycles. The molecule has 0 aliphatic carbocycles. The first kappa shape index (κ1) is 15.3. The maximum atomic E-state index is 12.4. The zero-order chi connectivity index (χ0) is 16.4. The van der Waals surface area contributed by atoms with Crippen molar-refractivity contribution >= 4 is 11.7 Å². The Kier molecular flexibility index (Phi) is 4.14. The third-order valence-electron chi connectivity index (χ3n) is 3.84. The van der Waals surface area contributed by atoms with Gasteiger partial charge in [0.05, 0.1) is 19.1 Å². The smallest absolute Gasteiger partial charge is 0.272 e. The Morgan fingerprint density at radius 3 is 2.91 bits per heavy atom. The number of aromatic nitrogens is 4. The van der Waals surface area contributed by atoms with E-state index in [9.17, 15) is 4.79 Å². The molecule has 0 bridgehead atoms. The third kappa shape index (κ3) is 3.25. The Morgan fingerprint density at radius 2 is 2.22 bits per heavy atom. The maximum Gasteiger partial charge on any atom is 0.272 e. The molecule has 8 heteroatoms. The number of amides is 1. The van der Waals surface area contributed by atoms with E-state index in [1.54, 1.807) is 28.1 Å². The molecule has 0 N–H and O–H groups in total. The van der Waals surface area contributed by atoms with Crippen LogP contribution in [0.15, 0.2) is 24.9 Å². The van der Waals surface area contributed by atoms with Crippen LogP contribution in [0.25, 0.3) is 0 Å². The Hall–Kier alpha value is -2.64. The lowest BCUT2D eigenvalue weighted by molar-refractivity contribution is 0.0761. The molecule has 3 heterocycles. The van der Waals surface area contributed by atoms with Gasteiger partial charge in [0.1, 0.15) is 23.9 Å². The number of ether oxygens (including phenoxy) is 1. The molecule has 8 nitrogen and oxygen atoms in total. The average molecular weight is 316 g/mol. The molecule has 0 radical (unpaired) electrons. The van der Waals surface area contributed by atoms with Crippen molar-refractivity contribution in [3.05, 3.63) is 30.6 Å². The lowest BCUT2D eigenvalue weighted by Crippen LogP contribution is -2.32. The molecule has 2 aromatic rings. The largest absolute Gasteiger partial charge is 0.472 e. The molecule has 1 aliphatic heterocycles. The second-order valence-corrected chi connectivity index (χ2v) is 5.78. The van der Waals surface area contributed by atoms with Crippen LogP contribution in [0, 0.1) is 0 Å². The lowest BCUT2D eigenvalue weighted by atomic mass is 10.3. The molecule has 0 saturated carbocycles. The van der Waals surface area contributed by atoms with Crippen LogP contribution in [0.4, 0.5) is 5.82 Å². The number of aryl methyl sites for hydroxylation is 1. The Balaban J connectivity index is 1.63. The Morgan fingerprint density at radius 1 is 1.39 bits per heavy atom. The number of rotatable bonds is 4. The minimum absolute atomic E-state index is 0.0206. The van der Waals surface area contributed by atoms with Crippen LogP contribution in [0.3, 0.4) is 0 Å². The number of imidazole rings is 1. The van der Waals surface area contributed by atoms with E-state index >= 15 is 0 Å². The minimum Gasteiger partial charge on any atom is -0.472 e. The fourth-order valence-electron chi connectivity index (χ4n) is 2.54. The highest BCUT2D eigenvalue weighted by molar-refractivity contribution is 5.92. The zero-order valence-electron chi connectivity index (χ0n) is 13.5. The standard InChI is InChI=1S/C15H20N6O2/c1-19(2)13-6-14(18-9-17-13)23-11-4-5-21(8-11)15(22)12-7-16-10-20(12)3/h6-7,9-11H,4-5,8H2,1-3H3. The van der Waals surface area contributed by atoms with Gasteiger partial charge in [-0.25, -0.2) is 15.0 Å². The molecular weight excluding hydrogens is 296 g/mol. The highest BCUT2D eigenvalue weighted by Crippen LogP contribution is 2.20. The van der Waals surface area contributed by atoms with Crippen LogP contribution in [0.2, 0.25) is 0 Å². The summed E-state index contributed by atoms with van der Waals surface area (Å²) in [6, 6.07) is 1.80. The second kappa shape index (κ2) is 6.23. The number of hydrogen-bond acceptors (Lipinski definition) is 6. The van der Waals surface area contributed by atoms with E-state index in [1.807, 2.05) is 26.0 Å². The lowest BCUT2D eigenvalue weighted by Gasteiger charge is -2.17. The molecule has 2 aromatic heterocycles.